The van der Waals surface area contributed by atoms with Gasteiger partial charge in [0, 0.05) is 18.4 Å². The fourth-order valence-corrected chi connectivity index (χ4v) is 3.16. The van der Waals surface area contributed by atoms with Gasteiger partial charge in [0.1, 0.15) is 0 Å². The van der Waals surface area contributed by atoms with Gasteiger partial charge in [-0.05, 0) is 25.3 Å². The lowest BCUT2D eigenvalue weighted by atomic mass is 10.0. The van der Waals surface area contributed by atoms with Gasteiger partial charge in [-0.3, -0.25) is 4.79 Å². The van der Waals surface area contributed by atoms with Gasteiger partial charge in [0.15, 0.2) is 0 Å². The normalized spacial score (nSPS) is 13.1. The van der Waals surface area contributed by atoms with E-state index in [2.05, 4.69) is 24.8 Å². The maximum absolute atomic E-state index is 12.5. The minimum atomic E-state index is 0.0102. The van der Waals surface area contributed by atoms with Crippen molar-refractivity contribution in [1.29, 1.82) is 0 Å². The molecular weight excluding hydrogens is 286 g/mol. The summed E-state index contributed by atoms with van der Waals surface area (Å²) in [7, 11) is 0. The zero-order valence-electron chi connectivity index (χ0n) is 13.6. The van der Waals surface area contributed by atoms with E-state index in [-0.39, 0.29) is 5.91 Å². The highest BCUT2D eigenvalue weighted by molar-refractivity contribution is 6.09. The maximum atomic E-state index is 12.5. The van der Waals surface area contributed by atoms with Crippen molar-refractivity contribution < 1.29 is 4.79 Å². The molecule has 0 saturated carbocycles. The van der Waals surface area contributed by atoms with Crippen LogP contribution in [-0.2, 0) is 13.0 Å². The number of aryl methyl sites for hydroxylation is 1. The molecule has 1 aliphatic heterocycles. The predicted molar refractivity (Wildman–Crippen MR) is 93.0 cm³/mol. The van der Waals surface area contributed by atoms with E-state index in [4.69, 9.17) is 10.7 Å². The fourth-order valence-electron chi connectivity index (χ4n) is 3.16. The molecule has 4 nitrogen and oxygen atoms in total. The lowest BCUT2D eigenvalue weighted by Gasteiger charge is -2.13. The number of anilines is 1. The number of hydrogen-bond donors (Lipinski definition) is 1. The number of fused-ring (bicyclic) bond motifs is 2. The molecule has 0 aliphatic carbocycles. The summed E-state index contributed by atoms with van der Waals surface area (Å²) in [6.45, 7) is 5.21. The van der Waals surface area contributed by atoms with Crippen molar-refractivity contribution in [3.05, 3.63) is 35.0 Å². The number of nitrogens with two attached hydrogens (primary N) is 1. The second kappa shape index (κ2) is 6.29. The first-order valence-electron chi connectivity index (χ1n) is 8.06. The number of para-hydroxylation sites is 1. The van der Waals surface area contributed by atoms with Crippen LogP contribution in [0.1, 0.15) is 48.3 Å². The molecular formula is C19H21N3O. The third-order valence-corrected chi connectivity index (χ3v) is 4.25. The molecule has 0 bridgehead atoms. The Bertz CT molecular complexity index is 830. The molecule has 2 heterocycles. The number of pyridine rings is 1. The standard InChI is InChI=1S/C19H21N3O/c1-3-5-6-8-13-9-7-10-14-17(20)16-15(21-18(13)14)12-22(11-4-2)19(16)23/h7,9-10H,4,6,8,11-12H2,1-2H3,(H2,20,21). The number of nitrogen functional groups attached to an aromatic ring is 1. The highest BCUT2D eigenvalue weighted by Gasteiger charge is 2.31. The third kappa shape index (κ3) is 2.63. The smallest absolute Gasteiger partial charge is 0.258 e. The molecule has 1 aromatic carbocycles. The van der Waals surface area contributed by atoms with Gasteiger partial charge in [0.05, 0.1) is 29.0 Å². The van der Waals surface area contributed by atoms with Crippen LogP contribution in [0.3, 0.4) is 0 Å². The first-order valence-corrected chi connectivity index (χ1v) is 8.06. The van der Waals surface area contributed by atoms with Gasteiger partial charge in [-0.25, -0.2) is 4.98 Å². The first kappa shape index (κ1) is 15.4. The quantitative estimate of drug-likeness (QED) is 0.883. The van der Waals surface area contributed by atoms with Gasteiger partial charge in [0.2, 0.25) is 0 Å². The second-order valence-corrected chi connectivity index (χ2v) is 5.81. The van der Waals surface area contributed by atoms with Gasteiger partial charge in [-0.2, -0.15) is 0 Å². The molecule has 3 rings (SSSR count). The first-order chi connectivity index (χ1) is 11.2. The zero-order chi connectivity index (χ0) is 16.4. The van der Waals surface area contributed by atoms with E-state index >= 15 is 0 Å². The molecule has 1 aromatic heterocycles. The molecule has 0 spiro atoms. The number of hydrogen-bond acceptors (Lipinski definition) is 3. The van der Waals surface area contributed by atoms with Crippen LogP contribution in [0.25, 0.3) is 10.9 Å². The number of nitrogens with zero attached hydrogens (tertiary/aromatic N) is 2. The summed E-state index contributed by atoms with van der Waals surface area (Å²) >= 11 is 0. The molecule has 2 N–H and O–H groups in total. The van der Waals surface area contributed by atoms with E-state index < -0.39 is 0 Å². The van der Waals surface area contributed by atoms with Crippen LogP contribution in [-0.4, -0.2) is 22.3 Å². The van der Waals surface area contributed by atoms with E-state index in [0.717, 1.165) is 48.0 Å². The minimum absolute atomic E-state index is 0.0102. The molecule has 0 radical (unpaired) electrons. The number of benzene rings is 1. The van der Waals surface area contributed by atoms with Gasteiger partial charge < -0.3 is 10.6 Å². The highest BCUT2D eigenvalue weighted by atomic mass is 16.2. The zero-order valence-corrected chi connectivity index (χ0v) is 13.6. The molecule has 2 aromatic rings. The largest absolute Gasteiger partial charge is 0.397 e. The van der Waals surface area contributed by atoms with Crippen molar-refractivity contribution in [2.24, 2.45) is 0 Å². The summed E-state index contributed by atoms with van der Waals surface area (Å²) in [5.41, 5.74) is 10.3. The molecule has 118 valence electrons. The Morgan fingerprint density at radius 1 is 1.39 bits per heavy atom. The summed E-state index contributed by atoms with van der Waals surface area (Å²) in [6.07, 6.45) is 2.57. The minimum Gasteiger partial charge on any atom is -0.397 e. The Hall–Kier alpha value is -2.54. The van der Waals surface area contributed by atoms with Gasteiger partial charge in [-0.15, -0.1) is 11.8 Å². The van der Waals surface area contributed by atoms with Crippen molar-refractivity contribution in [2.45, 2.75) is 39.7 Å². The Balaban J connectivity index is 2.09. The van der Waals surface area contributed by atoms with Crippen molar-refractivity contribution >= 4 is 22.5 Å². The molecule has 0 atom stereocenters. The molecule has 1 amide bonds. The van der Waals surface area contributed by atoms with Gasteiger partial charge in [0.25, 0.3) is 5.91 Å². The van der Waals surface area contributed by atoms with Crippen LogP contribution in [0.15, 0.2) is 18.2 Å². The predicted octanol–water partition coefficient (Wildman–Crippen LogP) is 3.14. The SMILES string of the molecule is CC#CCCc1cccc2c(N)c3c(nc12)CN(CCC)C3=O. The average Bonchev–Trinajstić information content (AvgIpc) is 2.85. The third-order valence-electron chi connectivity index (χ3n) is 4.25. The van der Waals surface area contributed by atoms with Crippen LogP contribution in [0.4, 0.5) is 5.69 Å². The summed E-state index contributed by atoms with van der Waals surface area (Å²) in [6, 6.07) is 5.99. The van der Waals surface area contributed by atoms with Crippen LogP contribution >= 0.6 is 0 Å². The van der Waals surface area contributed by atoms with E-state index in [0.29, 0.717) is 17.8 Å². The van der Waals surface area contributed by atoms with E-state index in [1.165, 1.54) is 0 Å². The fraction of sp³-hybridized carbons (Fsp3) is 0.368. The lowest BCUT2D eigenvalue weighted by molar-refractivity contribution is 0.0779. The van der Waals surface area contributed by atoms with E-state index in [1.54, 1.807) is 0 Å². The molecule has 4 heteroatoms. The maximum Gasteiger partial charge on any atom is 0.258 e. The number of amides is 1. The van der Waals surface area contributed by atoms with Crippen LogP contribution in [0.2, 0.25) is 0 Å². The van der Waals surface area contributed by atoms with Crippen molar-refractivity contribution in [2.75, 3.05) is 12.3 Å². The van der Waals surface area contributed by atoms with E-state index in [9.17, 15) is 4.79 Å². The molecule has 0 unspecified atom stereocenters. The van der Waals surface area contributed by atoms with Crippen molar-refractivity contribution in [3.8, 4) is 11.8 Å². The lowest BCUT2D eigenvalue weighted by Crippen LogP contribution is -2.24. The highest BCUT2D eigenvalue weighted by Crippen LogP contribution is 2.33. The summed E-state index contributed by atoms with van der Waals surface area (Å²) in [5.74, 6) is 6.02. The number of carbonyl (C=O) groups excluding carboxylic acids is 1. The molecule has 0 saturated heterocycles. The second-order valence-electron chi connectivity index (χ2n) is 5.81. The summed E-state index contributed by atoms with van der Waals surface area (Å²) in [4.78, 5) is 19.2. The molecule has 1 aliphatic rings. The molecule has 23 heavy (non-hydrogen) atoms. The number of carbonyl (C=O) groups is 1. The van der Waals surface area contributed by atoms with Gasteiger partial charge >= 0.3 is 0 Å². The van der Waals surface area contributed by atoms with Gasteiger partial charge in [-0.1, -0.05) is 25.1 Å². The Morgan fingerprint density at radius 2 is 2.22 bits per heavy atom. The van der Waals surface area contributed by atoms with E-state index in [1.807, 2.05) is 24.0 Å². The molecule has 0 fully saturated rings. The van der Waals surface area contributed by atoms with Crippen molar-refractivity contribution in [1.82, 2.24) is 9.88 Å². The Labute approximate surface area is 136 Å². The monoisotopic (exact) mass is 307 g/mol. The van der Waals surface area contributed by atoms with Crippen LogP contribution in [0, 0.1) is 11.8 Å². The Morgan fingerprint density at radius 3 is 2.96 bits per heavy atom. The van der Waals surface area contributed by atoms with Crippen LogP contribution < -0.4 is 5.73 Å². The Kier molecular flexibility index (Phi) is 4.20. The number of aromatic nitrogens is 1. The summed E-state index contributed by atoms with van der Waals surface area (Å²) < 4.78 is 0. The van der Waals surface area contributed by atoms with Crippen LogP contribution in [0.5, 0.6) is 0 Å². The average molecular weight is 307 g/mol. The summed E-state index contributed by atoms with van der Waals surface area (Å²) in [5, 5.41) is 0.873. The number of rotatable bonds is 4. The topological polar surface area (TPSA) is 59.2 Å². The van der Waals surface area contributed by atoms with Crippen molar-refractivity contribution in [3.63, 3.8) is 0 Å².